The Morgan fingerprint density at radius 2 is 1.89 bits per heavy atom. The molecule has 1 amide bonds. The van der Waals surface area contributed by atoms with Crippen molar-refractivity contribution in [3.63, 3.8) is 0 Å². The van der Waals surface area contributed by atoms with Crippen molar-refractivity contribution in [1.29, 1.82) is 0 Å². The molecule has 0 heterocycles. The first kappa shape index (κ1) is 16.6. The topological polar surface area (TPSA) is 38.3 Å². The molecule has 3 nitrogen and oxygen atoms in total. The Bertz CT molecular complexity index is 325. The fourth-order valence-electron chi connectivity index (χ4n) is 1.16. The van der Waals surface area contributed by atoms with Gasteiger partial charge in [0.2, 0.25) is 5.91 Å². The number of benzene rings is 1. The second-order valence-electron chi connectivity index (χ2n) is 3.47. The Morgan fingerprint density at radius 1 is 1.28 bits per heavy atom. The van der Waals surface area contributed by atoms with E-state index < -0.39 is 0 Å². The fourth-order valence-corrected chi connectivity index (χ4v) is 1.16. The molecule has 1 N–H and O–H groups in total. The van der Waals surface area contributed by atoms with Gasteiger partial charge in [-0.2, -0.15) is 0 Å². The summed E-state index contributed by atoms with van der Waals surface area (Å²) in [6.45, 7) is 7.01. The maximum Gasteiger partial charge on any atom is 0.246 e. The van der Waals surface area contributed by atoms with Gasteiger partial charge < -0.3 is 10.1 Å². The average molecular weight is 255 g/mol. The van der Waals surface area contributed by atoms with Gasteiger partial charge in [0.25, 0.3) is 0 Å². The van der Waals surface area contributed by atoms with Crippen LogP contribution in [0.15, 0.2) is 24.3 Å². The Labute approximate surface area is 108 Å². The summed E-state index contributed by atoms with van der Waals surface area (Å²) in [5.74, 6) is -0.395. The summed E-state index contributed by atoms with van der Waals surface area (Å²) >= 11 is 0. The number of carbonyl (C=O) groups excluding carboxylic acids is 1. The Morgan fingerprint density at radius 3 is 2.44 bits per heavy atom. The molecule has 0 aliphatic carbocycles. The first-order valence-electron chi connectivity index (χ1n) is 6.31. The summed E-state index contributed by atoms with van der Waals surface area (Å²) in [5.41, 5.74) is 0.852. The lowest BCUT2D eigenvalue weighted by molar-refractivity contribution is -0.126. The van der Waals surface area contributed by atoms with Crippen LogP contribution in [0.2, 0.25) is 0 Å². The van der Waals surface area contributed by atoms with Crippen LogP contribution in [-0.4, -0.2) is 19.1 Å². The highest BCUT2D eigenvalue weighted by Gasteiger charge is 2.00. The molecule has 0 aromatic heterocycles. The van der Waals surface area contributed by atoms with Crippen LogP contribution in [0.3, 0.4) is 0 Å². The molecule has 1 aromatic rings. The predicted octanol–water partition coefficient (Wildman–Crippen LogP) is 2.89. The minimum atomic E-state index is -0.274. The smallest absolute Gasteiger partial charge is 0.246 e. The van der Waals surface area contributed by atoms with Gasteiger partial charge in [0.1, 0.15) is 12.4 Å². The van der Waals surface area contributed by atoms with Gasteiger partial charge in [-0.15, -0.1) is 0 Å². The number of carbonyl (C=O) groups is 1. The molecular formula is C14H22FNO2. The fraction of sp³-hybridized carbons (Fsp3) is 0.500. The maximum atomic E-state index is 12.6. The minimum absolute atomic E-state index is 0.0391. The largest absolute Gasteiger partial charge is 0.367 e. The molecule has 1 rings (SSSR count). The van der Waals surface area contributed by atoms with E-state index in [1.54, 1.807) is 12.1 Å². The quantitative estimate of drug-likeness (QED) is 0.848. The molecule has 0 fully saturated rings. The summed E-state index contributed by atoms with van der Waals surface area (Å²) < 4.78 is 17.8. The maximum absolute atomic E-state index is 12.6. The highest BCUT2D eigenvalue weighted by Crippen LogP contribution is 2.03. The van der Waals surface area contributed by atoms with E-state index in [4.69, 9.17) is 4.74 Å². The summed E-state index contributed by atoms with van der Waals surface area (Å²) in [6.07, 6.45) is 0.906. The van der Waals surface area contributed by atoms with Crippen LogP contribution in [0.4, 0.5) is 4.39 Å². The van der Waals surface area contributed by atoms with E-state index in [2.05, 4.69) is 5.32 Å². The highest BCUT2D eigenvalue weighted by atomic mass is 19.1. The number of hydrogen-bond donors (Lipinski definition) is 1. The van der Waals surface area contributed by atoms with E-state index in [1.165, 1.54) is 12.1 Å². The van der Waals surface area contributed by atoms with Crippen LogP contribution >= 0.6 is 0 Å². The normalized spacial score (nSPS) is 9.33. The third kappa shape index (κ3) is 7.79. The van der Waals surface area contributed by atoms with E-state index in [0.717, 1.165) is 12.0 Å². The van der Waals surface area contributed by atoms with Crippen molar-refractivity contribution in [1.82, 2.24) is 5.32 Å². The summed E-state index contributed by atoms with van der Waals surface area (Å²) in [6, 6.07) is 6.02. The lowest BCUT2D eigenvalue weighted by atomic mass is 10.2. The molecule has 0 aliphatic rings. The lowest BCUT2D eigenvalue weighted by Gasteiger charge is -2.05. The average Bonchev–Trinajstić information content (AvgIpc) is 2.41. The number of rotatable bonds is 6. The molecule has 0 aliphatic heterocycles. The van der Waals surface area contributed by atoms with Crippen molar-refractivity contribution in [2.45, 2.75) is 33.8 Å². The van der Waals surface area contributed by atoms with Gasteiger partial charge in [-0.1, -0.05) is 32.9 Å². The van der Waals surface area contributed by atoms with Crippen molar-refractivity contribution in [3.8, 4) is 0 Å². The van der Waals surface area contributed by atoms with Crippen molar-refractivity contribution in [2.24, 2.45) is 0 Å². The molecule has 102 valence electrons. The molecular weight excluding hydrogens is 233 g/mol. The van der Waals surface area contributed by atoms with Gasteiger partial charge in [0.15, 0.2) is 0 Å². The van der Waals surface area contributed by atoms with Crippen LogP contribution < -0.4 is 5.32 Å². The van der Waals surface area contributed by atoms with Crippen LogP contribution in [0, 0.1) is 5.82 Å². The molecule has 0 saturated carbocycles. The van der Waals surface area contributed by atoms with Gasteiger partial charge in [0.05, 0.1) is 6.61 Å². The second-order valence-corrected chi connectivity index (χ2v) is 3.47. The van der Waals surface area contributed by atoms with Gasteiger partial charge in [-0.05, 0) is 24.1 Å². The lowest BCUT2D eigenvalue weighted by Crippen LogP contribution is -2.28. The van der Waals surface area contributed by atoms with Crippen LogP contribution in [-0.2, 0) is 16.1 Å². The molecule has 0 saturated heterocycles. The second kappa shape index (κ2) is 10.7. The van der Waals surface area contributed by atoms with Gasteiger partial charge in [0, 0.05) is 6.54 Å². The SMILES string of the molecule is CC.CCCNC(=O)COCc1ccc(F)cc1. The first-order valence-corrected chi connectivity index (χ1v) is 6.31. The molecule has 4 heteroatoms. The van der Waals surface area contributed by atoms with Crippen molar-refractivity contribution >= 4 is 5.91 Å². The summed E-state index contributed by atoms with van der Waals surface area (Å²) in [4.78, 5) is 11.2. The Balaban J connectivity index is 0.00000137. The zero-order chi connectivity index (χ0) is 13.8. The molecule has 0 atom stereocenters. The van der Waals surface area contributed by atoms with E-state index in [-0.39, 0.29) is 18.3 Å². The van der Waals surface area contributed by atoms with Gasteiger partial charge in [-0.3, -0.25) is 4.79 Å². The number of ether oxygens (including phenoxy) is 1. The molecule has 0 radical (unpaired) electrons. The molecule has 0 bridgehead atoms. The molecule has 0 spiro atoms. The first-order chi connectivity index (χ1) is 8.72. The highest BCUT2D eigenvalue weighted by molar-refractivity contribution is 5.77. The minimum Gasteiger partial charge on any atom is -0.367 e. The van der Waals surface area contributed by atoms with E-state index in [9.17, 15) is 9.18 Å². The van der Waals surface area contributed by atoms with Crippen LogP contribution in [0.1, 0.15) is 32.8 Å². The third-order valence-corrected chi connectivity index (χ3v) is 1.99. The number of amides is 1. The predicted molar refractivity (Wildman–Crippen MR) is 70.7 cm³/mol. The monoisotopic (exact) mass is 255 g/mol. The third-order valence-electron chi connectivity index (χ3n) is 1.99. The number of halogens is 1. The Kier molecular flexibility index (Phi) is 9.87. The van der Waals surface area contributed by atoms with Crippen molar-refractivity contribution in [2.75, 3.05) is 13.2 Å². The van der Waals surface area contributed by atoms with E-state index >= 15 is 0 Å². The number of nitrogens with one attached hydrogen (secondary N) is 1. The van der Waals surface area contributed by atoms with E-state index in [1.807, 2.05) is 20.8 Å². The van der Waals surface area contributed by atoms with Crippen LogP contribution in [0.5, 0.6) is 0 Å². The molecule has 18 heavy (non-hydrogen) atoms. The van der Waals surface area contributed by atoms with Gasteiger partial charge >= 0.3 is 0 Å². The summed E-state index contributed by atoms with van der Waals surface area (Å²) in [5, 5.41) is 2.70. The van der Waals surface area contributed by atoms with Crippen molar-refractivity contribution < 1.29 is 13.9 Å². The van der Waals surface area contributed by atoms with Crippen molar-refractivity contribution in [3.05, 3.63) is 35.6 Å². The van der Waals surface area contributed by atoms with Crippen LogP contribution in [0.25, 0.3) is 0 Å². The summed E-state index contributed by atoms with van der Waals surface area (Å²) in [7, 11) is 0. The Hall–Kier alpha value is -1.42. The molecule has 0 unspecified atom stereocenters. The zero-order valence-electron chi connectivity index (χ0n) is 11.3. The molecule has 1 aromatic carbocycles. The standard InChI is InChI=1S/C12H16FNO2.C2H6/c1-2-7-14-12(15)9-16-8-10-3-5-11(13)6-4-10;1-2/h3-6H,2,7-9H2,1H3,(H,14,15);1-2H3. The number of hydrogen-bond acceptors (Lipinski definition) is 2. The zero-order valence-corrected chi connectivity index (χ0v) is 11.3. The van der Waals surface area contributed by atoms with E-state index in [0.29, 0.717) is 13.2 Å². The van der Waals surface area contributed by atoms with Gasteiger partial charge in [-0.25, -0.2) is 4.39 Å².